The van der Waals surface area contributed by atoms with E-state index in [0.717, 1.165) is 28.7 Å². The Balaban J connectivity index is 1.84. The highest BCUT2D eigenvalue weighted by Gasteiger charge is 2.10. The summed E-state index contributed by atoms with van der Waals surface area (Å²) in [6.45, 7) is 2.02. The molecular formula is C16H15N3O2. The number of benzene rings is 1. The van der Waals surface area contributed by atoms with E-state index in [9.17, 15) is 4.79 Å². The number of nitrogens with one attached hydrogen (secondary N) is 2. The van der Waals surface area contributed by atoms with Gasteiger partial charge in [-0.25, -0.2) is 5.43 Å². The van der Waals surface area contributed by atoms with Crippen LogP contribution in [0.1, 0.15) is 28.7 Å². The number of hydrogen-bond donors (Lipinski definition) is 2. The van der Waals surface area contributed by atoms with E-state index in [2.05, 4.69) is 15.5 Å². The molecular weight excluding hydrogens is 266 g/mol. The molecule has 2 heterocycles. The molecule has 5 nitrogen and oxygen atoms in total. The fourth-order valence-electron chi connectivity index (χ4n) is 2.21. The topological polar surface area (TPSA) is 70.4 Å². The maximum absolute atomic E-state index is 11.8. The molecule has 1 aromatic carbocycles. The number of carbonyl (C=O) groups excluding carboxylic acids is 1. The maximum atomic E-state index is 11.8. The molecule has 0 spiro atoms. The molecule has 5 heteroatoms. The van der Waals surface area contributed by atoms with Crippen LogP contribution in [0.25, 0.3) is 11.0 Å². The lowest BCUT2D eigenvalue weighted by Crippen LogP contribution is -2.17. The first-order chi connectivity index (χ1) is 10.3. The summed E-state index contributed by atoms with van der Waals surface area (Å²) in [5.74, 6) is 0.580. The number of carbonyl (C=O) groups is 1. The lowest BCUT2D eigenvalue weighted by molar-refractivity contribution is 0.0951. The number of fused-ring (bicyclic) bond motifs is 1. The van der Waals surface area contributed by atoms with Gasteiger partial charge in [-0.15, -0.1) is 0 Å². The molecule has 0 bridgehead atoms. The number of aromatic amines is 1. The summed E-state index contributed by atoms with van der Waals surface area (Å²) in [5, 5.41) is 5.02. The smallest absolute Gasteiger partial charge is 0.287 e. The van der Waals surface area contributed by atoms with Crippen molar-refractivity contribution in [2.45, 2.75) is 13.3 Å². The Labute approximate surface area is 121 Å². The molecule has 3 rings (SSSR count). The van der Waals surface area contributed by atoms with Gasteiger partial charge in [0.05, 0.1) is 6.21 Å². The second-order valence-electron chi connectivity index (χ2n) is 4.57. The minimum atomic E-state index is -0.276. The molecule has 2 aromatic heterocycles. The molecule has 2 N–H and O–H groups in total. The van der Waals surface area contributed by atoms with Gasteiger partial charge in [-0.3, -0.25) is 4.79 Å². The minimum absolute atomic E-state index is 0.276. The van der Waals surface area contributed by atoms with Crippen molar-refractivity contribution in [1.82, 2.24) is 10.4 Å². The number of hydrazone groups is 1. The van der Waals surface area contributed by atoms with E-state index in [-0.39, 0.29) is 5.91 Å². The van der Waals surface area contributed by atoms with Crippen LogP contribution in [-0.2, 0) is 6.42 Å². The molecule has 0 aliphatic carbocycles. The summed E-state index contributed by atoms with van der Waals surface area (Å²) in [7, 11) is 0. The molecule has 0 unspecified atom stereocenters. The first kappa shape index (κ1) is 13.2. The Hall–Kier alpha value is -2.82. The predicted molar refractivity (Wildman–Crippen MR) is 81.4 cm³/mol. The number of H-pyrrole nitrogens is 1. The van der Waals surface area contributed by atoms with Crippen LogP contribution in [0.15, 0.2) is 52.1 Å². The number of aromatic nitrogens is 1. The number of rotatable bonds is 4. The van der Waals surface area contributed by atoms with Gasteiger partial charge in [0.1, 0.15) is 17.0 Å². The predicted octanol–water partition coefficient (Wildman–Crippen LogP) is 3.09. The van der Waals surface area contributed by atoms with Gasteiger partial charge in [0.15, 0.2) is 0 Å². The molecule has 0 saturated heterocycles. The van der Waals surface area contributed by atoms with Crippen molar-refractivity contribution < 1.29 is 9.21 Å². The summed E-state index contributed by atoms with van der Waals surface area (Å²) in [4.78, 5) is 14.6. The lowest BCUT2D eigenvalue weighted by atomic mass is 10.1. The third kappa shape index (κ3) is 2.58. The lowest BCUT2D eigenvalue weighted by Gasteiger charge is -1.96. The molecule has 0 saturated carbocycles. The molecule has 0 fully saturated rings. The zero-order valence-electron chi connectivity index (χ0n) is 11.6. The van der Waals surface area contributed by atoms with E-state index in [4.69, 9.17) is 4.42 Å². The van der Waals surface area contributed by atoms with Crippen molar-refractivity contribution in [3.8, 4) is 0 Å². The van der Waals surface area contributed by atoms with Crippen molar-refractivity contribution in [2.75, 3.05) is 0 Å². The monoisotopic (exact) mass is 281 g/mol. The Kier molecular flexibility index (Phi) is 3.55. The van der Waals surface area contributed by atoms with Gasteiger partial charge in [0.25, 0.3) is 5.91 Å². The van der Waals surface area contributed by atoms with Crippen LogP contribution < -0.4 is 5.43 Å². The number of aryl methyl sites for hydroxylation is 1. The van der Waals surface area contributed by atoms with Crippen LogP contribution in [0.3, 0.4) is 0 Å². The Morgan fingerprint density at radius 3 is 2.95 bits per heavy atom. The number of para-hydroxylation sites is 1. The van der Waals surface area contributed by atoms with E-state index in [1.54, 1.807) is 24.5 Å². The first-order valence-corrected chi connectivity index (χ1v) is 6.76. The number of amides is 1. The van der Waals surface area contributed by atoms with E-state index in [1.807, 2.05) is 31.2 Å². The normalized spacial score (nSPS) is 11.3. The summed E-state index contributed by atoms with van der Waals surface area (Å²) in [6.07, 6.45) is 4.09. The molecule has 1 amide bonds. The summed E-state index contributed by atoms with van der Waals surface area (Å²) < 4.78 is 5.77. The van der Waals surface area contributed by atoms with Crippen molar-refractivity contribution in [2.24, 2.45) is 5.10 Å². The van der Waals surface area contributed by atoms with Crippen LogP contribution in [-0.4, -0.2) is 17.1 Å². The van der Waals surface area contributed by atoms with Gasteiger partial charge in [0.2, 0.25) is 0 Å². The Morgan fingerprint density at radius 2 is 2.19 bits per heavy atom. The van der Waals surface area contributed by atoms with Crippen LogP contribution in [0.4, 0.5) is 0 Å². The zero-order chi connectivity index (χ0) is 14.7. The fraction of sp³-hybridized carbons (Fsp3) is 0.125. The fourth-order valence-corrected chi connectivity index (χ4v) is 2.21. The van der Waals surface area contributed by atoms with Gasteiger partial charge < -0.3 is 9.40 Å². The number of hydrogen-bond acceptors (Lipinski definition) is 3. The van der Waals surface area contributed by atoms with Gasteiger partial charge in [-0.05, 0) is 18.2 Å². The number of furan rings is 1. The van der Waals surface area contributed by atoms with E-state index >= 15 is 0 Å². The first-order valence-electron chi connectivity index (χ1n) is 6.76. The van der Waals surface area contributed by atoms with Crippen molar-refractivity contribution in [1.29, 1.82) is 0 Å². The highest BCUT2D eigenvalue weighted by atomic mass is 16.3. The summed E-state index contributed by atoms with van der Waals surface area (Å²) in [6, 6.07) is 11.2. The van der Waals surface area contributed by atoms with E-state index < -0.39 is 0 Å². The second kappa shape index (κ2) is 5.66. The molecule has 106 valence electrons. The zero-order valence-corrected chi connectivity index (χ0v) is 11.6. The standard InChI is InChI=1S/C16H15N3O2/c1-2-14-12(11-6-3-4-8-15(11)21-14)10-18-19-16(20)13-7-5-9-17-13/h3-10,17H,2H2,1H3,(H,19,20)/b18-10-. The molecule has 0 aliphatic rings. The third-order valence-corrected chi connectivity index (χ3v) is 3.23. The molecule has 0 radical (unpaired) electrons. The summed E-state index contributed by atoms with van der Waals surface area (Å²) >= 11 is 0. The Bertz CT molecular complexity index is 785. The average Bonchev–Trinajstić information content (AvgIpc) is 3.14. The third-order valence-electron chi connectivity index (χ3n) is 3.23. The van der Waals surface area contributed by atoms with Crippen molar-refractivity contribution >= 4 is 23.1 Å². The van der Waals surface area contributed by atoms with Crippen LogP contribution in [0, 0.1) is 0 Å². The quantitative estimate of drug-likeness (QED) is 0.570. The van der Waals surface area contributed by atoms with Gasteiger partial charge in [0, 0.05) is 23.6 Å². The minimum Gasteiger partial charge on any atom is -0.460 e. The van der Waals surface area contributed by atoms with Crippen molar-refractivity contribution in [3.63, 3.8) is 0 Å². The summed E-state index contributed by atoms with van der Waals surface area (Å²) in [5.41, 5.74) is 4.70. The SMILES string of the molecule is CCc1oc2ccccc2c1/C=N\NC(=O)c1ccc[nH]1. The maximum Gasteiger partial charge on any atom is 0.287 e. The van der Waals surface area contributed by atoms with Gasteiger partial charge >= 0.3 is 0 Å². The molecule has 3 aromatic rings. The van der Waals surface area contributed by atoms with Crippen molar-refractivity contribution in [3.05, 3.63) is 59.6 Å². The average molecular weight is 281 g/mol. The largest absolute Gasteiger partial charge is 0.460 e. The van der Waals surface area contributed by atoms with Gasteiger partial charge in [-0.2, -0.15) is 5.10 Å². The van der Waals surface area contributed by atoms with Crippen LogP contribution in [0.5, 0.6) is 0 Å². The van der Waals surface area contributed by atoms with Crippen LogP contribution >= 0.6 is 0 Å². The van der Waals surface area contributed by atoms with E-state index in [1.165, 1.54) is 0 Å². The second-order valence-corrected chi connectivity index (χ2v) is 4.57. The highest BCUT2D eigenvalue weighted by Crippen LogP contribution is 2.24. The molecule has 0 atom stereocenters. The highest BCUT2D eigenvalue weighted by molar-refractivity contribution is 6.00. The van der Waals surface area contributed by atoms with E-state index in [0.29, 0.717) is 5.69 Å². The molecule has 0 aliphatic heterocycles. The van der Waals surface area contributed by atoms with Gasteiger partial charge in [-0.1, -0.05) is 25.1 Å². The number of nitrogens with zero attached hydrogens (tertiary/aromatic N) is 1. The Morgan fingerprint density at radius 1 is 1.33 bits per heavy atom. The van der Waals surface area contributed by atoms with Crippen LogP contribution in [0.2, 0.25) is 0 Å². The molecule has 21 heavy (non-hydrogen) atoms.